The van der Waals surface area contributed by atoms with Gasteiger partial charge >= 0.3 is 6.18 Å². The molecule has 1 atom stereocenters. The van der Waals surface area contributed by atoms with Gasteiger partial charge in [-0.1, -0.05) is 31.7 Å². The van der Waals surface area contributed by atoms with Crippen LogP contribution >= 0.6 is 11.8 Å². The molecule has 0 radical (unpaired) electrons. The SMILES string of the molecule is C/C(CC(C)C)=N/N=C1\NC(=O)C(CC(=O)Nc2cccc(C(F)(F)F)c2)S1. The standard InChI is InChI=1S/C18H21F3N4O2S/c1-10(2)7-11(3)24-25-17-23-16(27)14(28-17)9-15(26)22-13-6-4-5-12(8-13)18(19,20)21/h4-6,8,10,14H,7,9H2,1-3H3,(H,22,26)(H,23,25,27)/b24-11-. The van der Waals surface area contributed by atoms with Gasteiger partial charge in [0.1, 0.15) is 5.25 Å². The molecular formula is C18H21F3N4O2S. The van der Waals surface area contributed by atoms with Gasteiger partial charge in [-0.2, -0.15) is 18.3 Å². The number of nitrogens with zero attached hydrogens (tertiary/aromatic N) is 2. The Morgan fingerprint density at radius 3 is 2.71 bits per heavy atom. The van der Waals surface area contributed by atoms with E-state index in [9.17, 15) is 22.8 Å². The fourth-order valence-corrected chi connectivity index (χ4v) is 3.42. The lowest BCUT2D eigenvalue weighted by Crippen LogP contribution is -2.28. The van der Waals surface area contributed by atoms with Gasteiger partial charge in [-0.15, -0.1) is 5.10 Å². The Balaban J connectivity index is 1.95. The van der Waals surface area contributed by atoms with Crippen LogP contribution in [0.5, 0.6) is 0 Å². The third-order valence-corrected chi connectivity index (χ3v) is 4.71. The number of carbonyl (C=O) groups is 2. The highest BCUT2D eigenvalue weighted by molar-refractivity contribution is 8.15. The number of rotatable bonds is 6. The summed E-state index contributed by atoms with van der Waals surface area (Å²) in [6.07, 6.45) is -3.92. The highest BCUT2D eigenvalue weighted by Gasteiger charge is 2.33. The monoisotopic (exact) mass is 414 g/mol. The number of hydrogen-bond acceptors (Lipinski definition) is 5. The van der Waals surface area contributed by atoms with E-state index in [1.165, 1.54) is 12.1 Å². The molecule has 28 heavy (non-hydrogen) atoms. The maximum atomic E-state index is 12.7. The largest absolute Gasteiger partial charge is 0.416 e. The Bertz CT molecular complexity index is 806. The molecule has 1 unspecified atom stereocenters. The lowest BCUT2D eigenvalue weighted by atomic mass is 10.1. The van der Waals surface area contributed by atoms with Crippen molar-refractivity contribution in [3.63, 3.8) is 0 Å². The highest BCUT2D eigenvalue weighted by atomic mass is 32.2. The van der Waals surface area contributed by atoms with E-state index in [0.717, 1.165) is 36.0 Å². The highest BCUT2D eigenvalue weighted by Crippen LogP contribution is 2.31. The van der Waals surface area contributed by atoms with Crippen LogP contribution in [0.4, 0.5) is 18.9 Å². The third kappa shape index (κ3) is 6.66. The maximum Gasteiger partial charge on any atom is 0.416 e. The molecule has 2 amide bonds. The minimum absolute atomic E-state index is 0.0195. The number of alkyl halides is 3. The van der Waals surface area contributed by atoms with E-state index < -0.39 is 22.9 Å². The van der Waals surface area contributed by atoms with Gasteiger partial charge in [0.2, 0.25) is 11.8 Å². The van der Waals surface area contributed by atoms with Crippen LogP contribution in [0, 0.1) is 5.92 Å². The van der Waals surface area contributed by atoms with Gasteiger partial charge in [-0.05, 0) is 37.5 Å². The lowest BCUT2D eigenvalue weighted by molar-refractivity contribution is -0.137. The molecule has 1 heterocycles. The molecule has 10 heteroatoms. The fourth-order valence-electron chi connectivity index (χ4n) is 2.50. The van der Waals surface area contributed by atoms with Gasteiger partial charge in [-0.25, -0.2) is 0 Å². The zero-order valence-electron chi connectivity index (χ0n) is 15.6. The number of thioether (sulfide) groups is 1. The van der Waals surface area contributed by atoms with Crippen LogP contribution in [0.25, 0.3) is 0 Å². The molecule has 2 N–H and O–H groups in total. The Morgan fingerprint density at radius 1 is 1.36 bits per heavy atom. The molecule has 0 bridgehead atoms. The van der Waals surface area contributed by atoms with Crippen molar-refractivity contribution in [2.75, 3.05) is 5.32 Å². The summed E-state index contributed by atoms with van der Waals surface area (Å²) in [4.78, 5) is 24.1. The Kier molecular flexibility index (Phi) is 7.22. The molecule has 0 saturated carbocycles. The van der Waals surface area contributed by atoms with E-state index in [4.69, 9.17) is 0 Å². The number of hydrogen-bond donors (Lipinski definition) is 2. The third-order valence-electron chi connectivity index (χ3n) is 3.64. The van der Waals surface area contributed by atoms with Crippen molar-refractivity contribution in [1.82, 2.24) is 5.32 Å². The maximum absolute atomic E-state index is 12.7. The first-order valence-corrected chi connectivity index (χ1v) is 9.48. The Hall–Kier alpha value is -2.36. The van der Waals surface area contributed by atoms with Crippen LogP contribution in [0.15, 0.2) is 34.5 Å². The normalized spacial score (nSPS) is 19.2. The number of amidine groups is 1. The first-order chi connectivity index (χ1) is 13.0. The quantitative estimate of drug-likeness (QED) is 0.544. The van der Waals surface area contributed by atoms with Crippen molar-refractivity contribution in [1.29, 1.82) is 0 Å². The van der Waals surface area contributed by atoms with E-state index in [1.54, 1.807) is 0 Å². The summed E-state index contributed by atoms with van der Waals surface area (Å²) < 4.78 is 38.2. The van der Waals surface area contributed by atoms with Crippen LogP contribution in [-0.4, -0.2) is 27.9 Å². The van der Waals surface area contributed by atoms with Crippen LogP contribution in [0.3, 0.4) is 0 Å². The van der Waals surface area contributed by atoms with Crippen molar-refractivity contribution < 1.29 is 22.8 Å². The molecule has 1 aliphatic rings. The smallest absolute Gasteiger partial charge is 0.326 e. The summed E-state index contributed by atoms with van der Waals surface area (Å²) in [7, 11) is 0. The summed E-state index contributed by atoms with van der Waals surface area (Å²) >= 11 is 1.07. The molecule has 2 rings (SSSR count). The predicted octanol–water partition coefficient (Wildman–Crippen LogP) is 4.04. The number of nitrogens with one attached hydrogen (secondary N) is 2. The second-order valence-corrected chi connectivity index (χ2v) is 7.96. The van der Waals surface area contributed by atoms with Gasteiger partial charge in [0.05, 0.1) is 5.56 Å². The summed E-state index contributed by atoms with van der Waals surface area (Å²) in [6.45, 7) is 5.94. The molecule has 1 aromatic rings. The van der Waals surface area contributed by atoms with Crippen molar-refractivity contribution in [3.8, 4) is 0 Å². The first kappa shape index (κ1) is 21.9. The molecule has 1 fully saturated rings. The molecule has 152 valence electrons. The summed E-state index contributed by atoms with van der Waals surface area (Å²) in [5.74, 6) is -0.519. The van der Waals surface area contributed by atoms with Crippen molar-refractivity contribution in [2.45, 2.75) is 45.0 Å². The molecule has 1 aromatic carbocycles. The lowest BCUT2D eigenvalue weighted by Gasteiger charge is -2.10. The molecule has 0 spiro atoms. The van der Waals surface area contributed by atoms with Gasteiger partial charge in [0.15, 0.2) is 5.17 Å². The minimum Gasteiger partial charge on any atom is -0.326 e. The van der Waals surface area contributed by atoms with Crippen molar-refractivity contribution >= 4 is 40.1 Å². The van der Waals surface area contributed by atoms with Crippen LogP contribution in [-0.2, 0) is 15.8 Å². The van der Waals surface area contributed by atoms with E-state index >= 15 is 0 Å². The van der Waals surface area contributed by atoms with E-state index in [1.807, 2.05) is 6.92 Å². The molecule has 0 aromatic heterocycles. The number of benzene rings is 1. The number of anilines is 1. The van der Waals surface area contributed by atoms with Gasteiger partial charge in [0, 0.05) is 17.8 Å². The van der Waals surface area contributed by atoms with Crippen LogP contribution in [0.1, 0.15) is 39.2 Å². The fraction of sp³-hybridized carbons (Fsp3) is 0.444. The second kappa shape index (κ2) is 9.22. The summed E-state index contributed by atoms with van der Waals surface area (Å²) in [5, 5.41) is 12.6. The number of amides is 2. The molecule has 1 aliphatic heterocycles. The van der Waals surface area contributed by atoms with E-state index in [-0.39, 0.29) is 18.0 Å². The summed E-state index contributed by atoms with van der Waals surface area (Å²) in [5.41, 5.74) is -0.0172. The zero-order valence-corrected chi connectivity index (χ0v) is 16.4. The average Bonchev–Trinajstić information content (AvgIpc) is 2.91. The summed E-state index contributed by atoms with van der Waals surface area (Å²) in [6, 6.07) is 4.32. The van der Waals surface area contributed by atoms with E-state index in [0.29, 0.717) is 11.1 Å². The topological polar surface area (TPSA) is 82.9 Å². The second-order valence-electron chi connectivity index (χ2n) is 6.77. The van der Waals surface area contributed by atoms with Crippen molar-refractivity contribution in [3.05, 3.63) is 29.8 Å². The van der Waals surface area contributed by atoms with Gasteiger partial charge in [0.25, 0.3) is 0 Å². The Morgan fingerprint density at radius 2 is 2.07 bits per heavy atom. The molecule has 1 saturated heterocycles. The van der Waals surface area contributed by atoms with Crippen molar-refractivity contribution in [2.24, 2.45) is 16.1 Å². The van der Waals surface area contributed by atoms with Gasteiger partial charge < -0.3 is 10.6 Å². The molecular weight excluding hydrogens is 393 g/mol. The minimum atomic E-state index is -4.50. The number of carbonyl (C=O) groups excluding carboxylic acids is 2. The molecule has 0 aliphatic carbocycles. The molecule has 6 nitrogen and oxygen atoms in total. The Labute approximate surface area is 165 Å². The zero-order chi connectivity index (χ0) is 20.9. The first-order valence-electron chi connectivity index (χ1n) is 8.60. The number of halogens is 3. The van der Waals surface area contributed by atoms with Gasteiger partial charge in [-0.3, -0.25) is 9.59 Å². The average molecular weight is 414 g/mol. The van der Waals surface area contributed by atoms with Crippen LogP contribution in [0.2, 0.25) is 0 Å². The van der Waals surface area contributed by atoms with Crippen LogP contribution < -0.4 is 10.6 Å². The predicted molar refractivity (Wildman–Crippen MR) is 104 cm³/mol. The van der Waals surface area contributed by atoms with E-state index in [2.05, 4.69) is 34.7 Å².